The molecule has 1 heterocycles. The van der Waals surface area contributed by atoms with Gasteiger partial charge in [0.2, 0.25) is 0 Å². The summed E-state index contributed by atoms with van der Waals surface area (Å²) in [6, 6.07) is 9.83. The van der Waals surface area contributed by atoms with Gasteiger partial charge in [-0.2, -0.15) is 0 Å². The van der Waals surface area contributed by atoms with Crippen LogP contribution in [0.3, 0.4) is 0 Å². The SMILES string of the molecule is C=CCc1cc(/C=C(\C)C(=O)N2C(=S)NC(C)=C(C(=O)OCC)C2c2ccccc2OC(C)C)cc(OCC)c1O. The zero-order chi connectivity index (χ0) is 30.3. The van der Waals surface area contributed by atoms with E-state index in [-0.39, 0.29) is 29.1 Å². The van der Waals surface area contributed by atoms with Crippen molar-refractivity contribution in [2.45, 2.75) is 60.1 Å². The number of carbonyl (C=O) groups is 2. The summed E-state index contributed by atoms with van der Waals surface area (Å²) in [4.78, 5) is 28.8. The third kappa shape index (κ3) is 7.16. The Morgan fingerprint density at radius 1 is 1.17 bits per heavy atom. The normalized spacial score (nSPS) is 15.5. The summed E-state index contributed by atoms with van der Waals surface area (Å²) in [5.41, 5.74) is 2.98. The van der Waals surface area contributed by atoms with Crippen LogP contribution >= 0.6 is 12.2 Å². The fourth-order valence-electron chi connectivity index (χ4n) is 4.64. The second kappa shape index (κ2) is 14.0. The number of aromatic hydroxyl groups is 1. The topological polar surface area (TPSA) is 97.3 Å². The number of carbonyl (C=O) groups excluding carboxylic acids is 2. The van der Waals surface area contributed by atoms with Crippen molar-refractivity contribution in [2.75, 3.05) is 13.2 Å². The lowest BCUT2D eigenvalue weighted by atomic mass is 9.92. The molecule has 0 saturated heterocycles. The number of hydrogen-bond donors (Lipinski definition) is 2. The van der Waals surface area contributed by atoms with Crippen LogP contribution in [-0.2, 0) is 20.7 Å². The molecule has 3 rings (SSSR count). The molecule has 0 saturated carbocycles. The third-order valence-corrected chi connectivity index (χ3v) is 6.60. The Kier molecular flexibility index (Phi) is 10.7. The van der Waals surface area contributed by atoms with Gasteiger partial charge in [0.25, 0.3) is 5.91 Å². The third-order valence-electron chi connectivity index (χ3n) is 6.30. The number of phenols is 1. The van der Waals surface area contributed by atoms with Crippen LogP contribution in [0.4, 0.5) is 0 Å². The summed E-state index contributed by atoms with van der Waals surface area (Å²) in [6.07, 6.45) is 3.65. The number of phenolic OH excluding ortho intramolecular Hbond substituents is 1. The van der Waals surface area contributed by atoms with Crippen molar-refractivity contribution in [3.63, 3.8) is 0 Å². The molecule has 2 aromatic rings. The molecule has 9 heteroatoms. The molecule has 41 heavy (non-hydrogen) atoms. The number of rotatable bonds is 11. The van der Waals surface area contributed by atoms with Gasteiger partial charge < -0.3 is 24.6 Å². The molecule has 2 N–H and O–H groups in total. The quantitative estimate of drug-likeness (QED) is 0.145. The van der Waals surface area contributed by atoms with Gasteiger partial charge in [0.1, 0.15) is 11.8 Å². The number of esters is 1. The average Bonchev–Trinajstić information content (AvgIpc) is 2.91. The van der Waals surface area contributed by atoms with E-state index in [1.165, 1.54) is 4.90 Å². The van der Waals surface area contributed by atoms with E-state index < -0.39 is 17.9 Å². The van der Waals surface area contributed by atoms with E-state index >= 15 is 0 Å². The lowest BCUT2D eigenvalue weighted by Gasteiger charge is -2.39. The van der Waals surface area contributed by atoms with E-state index in [2.05, 4.69) is 11.9 Å². The maximum atomic E-state index is 14.2. The standard InChI is InChI=1S/C32H38N2O6S/c1-8-13-23-17-22(18-26(29(23)35)38-9-2)16-20(6)30(36)34-28(24-14-11-12-15-25(24)40-19(4)5)27(31(37)39-10-3)21(7)33-32(34)41/h8,11-12,14-19,28,35H,1,9-10,13H2,2-7H3,(H,33,41)/b20-16+. The minimum absolute atomic E-state index is 0.0378. The molecule has 2 aromatic carbocycles. The molecule has 1 amide bonds. The largest absolute Gasteiger partial charge is 0.504 e. The molecule has 8 nitrogen and oxygen atoms in total. The first kappa shape index (κ1) is 31.4. The summed E-state index contributed by atoms with van der Waals surface area (Å²) in [7, 11) is 0. The molecule has 218 valence electrons. The van der Waals surface area contributed by atoms with E-state index in [9.17, 15) is 14.7 Å². The maximum absolute atomic E-state index is 14.2. The van der Waals surface area contributed by atoms with Crippen molar-refractivity contribution in [3.8, 4) is 17.2 Å². The Morgan fingerprint density at radius 3 is 2.51 bits per heavy atom. The molecule has 0 fully saturated rings. The molecule has 0 spiro atoms. The number of ether oxygens (including phenoxy) is 3. The van der Waals surface area contributed by atoms with Gasteiger partial charge in [-0.25, -0.2) is 4.79 Å². The van der Waals surface area contributed by atoms with Gasteiger partial charge in [0, 0.05) is 22.4 Å². The molecule has 0 aliphatic carbocycles. The number of para-hydroxylation sites is 1. The molecule has 1 aliphatic rings. The summed E-state index contributed by atoms with van der Waals surface area (Å²) >= 11 is 5.68. The summed E-state index contributed by atoms with van der Waals surface area (Å²) < 4.78 is 17.1. The Balaban J connectivity index is 2.18. The highest BCUT2D eigenvalue weighted by Crippen LogP contribution is 2.40. The Bertz CT molecular complexity index is 1390. The smallest absolute Gasteiger partial charge is 0.338 e. The van der Waals surface area contributed by atoms with Crippen LogP contribution in [0.5, 0.6) is 17.2 Å². The molecular formula is C32H38N2O6S. The van der Waals surface area contributed by atoms with Gasteiger partial charge in [-0.15, -0.1) is 6.58 Å². The number of thiocarbonyl (C=S) groups is 1. The van der Waals surface area contributed by atoms with E-state index in [1.807, 2.05) is 39.0 Å². The van der Waals surface area contributed by atoms with Gasteiger partial charge >= 0.3 is 5.97 Å². The zero-order valence-corrected chi connectivity index (χ0v) is 25.3. The highest BCUT2D eigenvalue weighted by molar-refractivity contribution is 7.80. The second-order valence-electron chi connectivity index (χ2n) is 9.75. The molecule has 0 aromatic heterocycles. The van der Waals surface area contributed by atoms with Crippen LogP contribution in [0.1, 0.15) is 64.3 Å². The van der Waals surface area contributed by atoms with Crippen LogP contribution in [0.2, 0.25) is 0 Å². The predicted octanol–water partition coefficient (Wildman–Crippen LogP) is 6.01. The highest BCUT2D eigenvalue weighted by atomic mass is 32.1. The summed E-state index contributed by atoms with van der Waals surface area (Å²) in [5, 5.41) is 13.8. The fraction of sp³-hybridized carbons (Fsp3) is 0.344. The van der Waals surface area contributed by atoms with Crippen LogP contribution in [0.15, 0.2) is 65.9 Å². The minimum Gasteiger partial charge on any atom is -0.504 e. The minimum atomic E-state index is -0.899. The van der Waals surface area contributed by atoms with Crippen molar-refractivity contribution in [1.29, 1.82) is 0 Å². The van der Waals surface area contributed by atoms with Crippen LogP contribution in [0.25, 0.3) is 6.08 Å². The van der Waals surface area contributed by atoms with Crippen molar-refractivity contribution < 1.29 is 28.9 Å². The molecule has 1 atom stereocenters. The molecule has 1 aliphatic heterocycles. The first-order chi connectivity index (χ1) is 19.5. The molecular weight excluding hydrogens is 540 g/mol. The van der Waals surface area contributed by atoms with Crippen LogP contribution in [-0.4, -0.2) is 46.3 Å². The first-order valence-electron chi connectivity index (χ1n) is 13.6. The monoisotopic (exact) mass is 578 g/mol. The van der Waals surface area contributed by atoms with E-state index in [4.69, 9.17) is 26.4 Å². The summed E-state index contributed by atoms with van der Waals surface area (Å²) in [5.74, 6) is -0.0968. The predicted molar refractivity (Wildman–Crippen MR) is 164 cm³/mol. The lowest BCUT2D eigenvalue weighted by molar-refractivity contribution is -0.139. The Morgan fingerprint density at radius 2 is 1.88 bits per heavy atom. The Labute approximate surface area is 247 Å². The molecule has 1 unspecified atom stereocenters. The van der Waals surface area contributed by atoms with Crippen LogP contribution < -0.4 is 14.8 Å². The number of hydrogen-bond acceptors (Lipinski definition) is 7. The van der Waals surface area contributed by atoms with E-state index in [1.54, 1.807) is 51.1 Å². The van der Waals surface area contributed by atoms with Gasteiger partial charge in [-0.3, -0.25) is 9.69 Å². The average molecular weight is 579 g/mol. The zero-order valence-electron chi connectivity index (χ0n) is 24.4. The van der Waals surface area contributed by atoms with Crippen molar-refractivity contribution >= 4 is 35.3 Å². The Hall–Kier alpha value is -4.11. The van der Waals surface area contributed by atoms with Crippen molar-refractivity contribution in [3.05, 3.63) is 82.6 Å². The second-order valence-corrected chi connectivity index (χ2v) is 10.1. The fourth-order valence-corrected chi connectivity index (χ4v) is 4.98. The number of allylic oxidation sites excluding steroid dienone is 2. The van der Waals surface area contributed by atoms with Crippen LogP contribution in [0, 0.1) is 0 Å². The van der Waals surface area contributed by atoms with E-state index in [0.717, 1.165) is 0 Å². The number of nitrogens with one attached hydrogen (secondary N) is 1. The number of amides is 1. The van der Waals surface area contributed by atoms with Gasteiger partial charge in [-0.05, 0) is 90.0 Å². The number of nitrogens with zero attached hydrogens (tertiary/aromatic N) is 1. The highest BCUT2D eigenvalue weighted by Gasteiger charge is 2.41. The molecule has 0 radical (unpaired) electrons. The van der Waals surface area contributed by atoms with Gasteiger partial charge in [0.05, 0.1) is 24.9 Å². The lowest BCUT2D eigenvalue weighted by Crippen LogP contribution is -2.51. The van der Waals surface area contributed by atoms with Crippen molar-refractivity contribution in [2.24, 2.45) is 0 Å². The number of benzene rings is 2. The molecule has 0 bridgehead atoms. The first-order valence-corrected chi connectivity index (χ1v) is 14.0. The van der Waals surface area contributed by atoms with E-state index in [0.29, 0.717) is 52.5 Å². The van der Waals surface area contributed by atoms with Gasteiger partial charge in [-0.1, -0.05) is 24.3 Å². The van der Waals surface area contributed by atoms with Gasteiger partial charge in [0.15, 0.2) is 16.6 Å². The summed E-state index contributed by atoms with van der Waals surface area (Å²) in [6.45, 7) is 15.1. The van der Waals surface area contributed by atoms with Crippen molar-refractivity contribution in [1.82, 2.24) is 10.2 Å². The maximum Gasteiger partial charge on any atom is 0.338 e.